The highest BCUT2D eigenvalue weighted by molar-refractivity contribution is 6.39. The Hall–Kier alpha value is -8.46. The number of benzene rings is 12. The van der Waals surface area contributed by atoms with E-state index in [1.165, 1.54) is 163 Å². The van der Waals surface area contributed by atoms with Crippen LogP contribution in [0.1, 0.15) is 87.2 Å². The molecule has 12 aromatic carbocycles. The Labute approximate surface area is 447 Å². The van der Waals surface area contributed by atoms with Crippen LogP contribution in [0.25, 0.3) is 76.1 Å². The average Bonchev–Trinajstić information content (AvgIpc) is 3.51. The summed E-state index contributed by atoms with van der Waals surface area (Å²) in [6.45, 7) is 0. The van der Waals surface area contributed by atoms with E-state index in [0.29, 0.717) is 11.8 Å². The molecule has 2 heteroatoms. The van der Waals surface area contributed by atoms with Gasteiger partial charge < -0.3 is 9.80 Å². The lowest BCUT2D eigenvalue weighted by Crippen LogP contribution is -2.11. The largest absolute Gasteiger partial charge is 0.310 e. The summed E-state index contributed by atoms with van der Waals surface area (Å²) < 4.78 is 0. The van der Waals surface area contributed by atoms with Crippen LogP contribution >= 0.6 is 0 Å². The maximum absolute atomic E-state index is 2.46. The number of anilines is 6. The van der Waals surface area contributed by atoms with Crippen molar-refractivity contribution in [3.63, 3.8) is 0 Å². The van der Waals surface area contributed by atoms with Gasteiger partial charge in [-0.25, -0.2) is 0 Å². The molecule has 0 radical (unpaired) electrons. The predicted octanol–water partition coefficient (Wildman–Crippen LogP) is 21.8. The molecule has 0 saturated heterocycles. The first-order valence-corrected chi connectivity index (χ1v) is 28.0. The molecule has 12 aromatic rings. The Morgan fingerprint density at radius 2 is 0.513 bits per heavy atom. The predicted molar refractivity (Wildman–Crippen MR) is 326 cm³/mol. The van der Waals surface area contributed by atoms with Gasteiger partial charge in [0.15, 0.2) is 0 Å². The normalized spacial score (nSPS) is 14.5. The van der Waals surface area contributed by atoms with Crippen LogP contribution in [0.15, 0.2) is 243 Å². The third-order valence-electron chi connectivity index (χ3n) is 17.2. The fraction of sp³-hybridized carbons (Fsp3) is 0.162. The second-order valence-electron chi connectivity index (χ2n) is 21.7. The fourth-order valence-electron chi connectivity index (χ4n) is 13.3. The van der Waals surface area contributed by atoms with Gasteiger partial charge in [-0.2, -0.15) is 0 Å². The first kappa shape index (κ1) is 46.1. The number of fused-ring (bicyclic) bond motifs is 11. The topological polar surface area (TPSA) is 6.48 Å². The summed E-state index contributed by atoms with van der Waals surface area (Å²) >= 11 is 0. The fourth-order valence-corrected chi connectivity index (χ4v) is 13.3. The van der Waals surface area contributed by atoms with E-state index in [9.17, 15) is 0 Å². The Bertz CT molecular complexity index is 3750. The number of hydrogen-bond donors (Lipinski definition) is 0. The molecule has 76 heavy (non-hydrogen) atoms. The first-order valence-electron chi connectivity index (χ1n) is 28.0. The van der Waals surface area contributed by atoms with Gasteiger partial charge in [0.1, 0.15) is 0 Å². The monoisotopic (exact) mass is 978 g/mol. The van der Waals surface area contributed by atoms with Crippen molar-refractivity contribution in [1.29, 1.82) is 0 Å². The second-order valence-corrected chi connectivity index (χ2v) is 21.7. The zero-order valence-corrected chi connectivity index (χ0v) is 43.2. The summed E-state index contributed by atoms with van der Waals surface area (Å²) in [5.74, 6) is 1.30. The second kappa shape index (κ2) is 20.0. The average molecular weight is 979 g/mol. The minimum Gasteiger partial charge on any atom is -0.310 e. The van der Waals surface area contributed by atoms with E-state index in [0.717, 1.165) is 22.7 Å². The van der Waals surface area contributed by atoms with Crippen LogP contribution in [0.3, 0.4) is 0 Å². The standard InChI is InChI=1S/C74H62N2/c1-5-17-51(18-6-1)55-29-37-59(38-30-55)75(60-39-31-56(32-40-60)52-19-7-2-8-20-52)63-45-47-69-71(49-63)65-25-13-15-27-67(65)74-70-48-46-64(50-72(70)66-26-14-16-28-68(66)73(69)74)76(61-41-33-57(34-42-61)53-21-9-3-10-22-53)62-43-35-58(36-44-62)54-23-11-4-12-24-54/h1,3,5-6,9-10,13-18,21-22,25-50,52,54H,2,4,7-8,11-12,19-20,23-24H2. The van der Waals surface area contributed by atoms with Gasteiger partial charge in [-0.15, -0.1) is 0 Å². The molecule has 0 aliphatic heterocycles. The van der Waals surface area contributed by atoms with E-state index >= 15 is 0 Å². The molecule has 2 nitrogen and oxygen atoms in total. The third-order valence-corrected chi connectivity index (χ3v) is 17.2. The molecule has 368 valence electrons. The molecule has 2 fully saturated rings. The smallest absolute Gasteiger partial charge is 0.0468 e. The van der Waals surface area contributed by atoms with E-state index in [2.05, 4.69) is 252 Å². The van der Waals surface area contributed by atoms with Gasteiger partial charge in [0, 0.05) is 34.1 Å². The third kappa shape index (κ3) is 8.47. The first-order chi connectivity index (χ1) is 37.7. The van der Waals surface area contributed by atoms with Crippen molar-refractivity contribution in [1.82, 2.24) is 0 Å². The van der Waals surface area contributed by atoms with Crippen molar-refractivity contribution in [3.8, 4) is 22.3 Å². The van der Waals surface area contributed by atoms with E-state index < -0.39 is 0 Å². The lowest BCUT2D eigenvalue weighted by molar-refractivity contribution is 0.443. The molecule has 0 amide bonds. The van der Waals surface area contributed by atoms with Gasteiger partial charge in [0.25, 0.3) is 0 Å². The maximum Gasteiger partial charge on any atom is 0.0468 e. The Morgan fingerprint density at radius 1 is 0.224 bits per heavy atom. The van der Waals surface area contributed by atoms with E-state index in [-0.39, 0.29) is 0 Å². The van der Waals surface area contributed by atoms with E-state index in [4.69, 9.17) is 0 Å². The summed E-state index contributed by atoms with van der Waals surface area (Å²) in [7, 11) is 0. The van der Waals surface area contributed by atoms with E-state index in [1.807, 2.05) is 0 Å². The zero-order valence-electron chi connectivity index (χ0n) is 43.2. The van der Waals surface area contributed by atoms with Crippen LogP contribution < -0.4 is 9.80 Å². The molecule has 0 unspecified atom stereocenters. The zero-order chi connectivity index (χ0) is 50.4. The van der Waals surface area contributed by atoms with Crippen molar-refractivity contribution in [3.05, 3.63) is 254 Å². The highest BCUT2D eigenvalue weighted by Crippen LogP contribution is 2.48. The molecule has 2 saturated carbocycles. The SMILES string of the molecule is c1ccc(-c2ccc(N(c3ccc(C4CCCCC4)cc3)c3ccc4c(c3)c3ccccc3c3c5ccc(N(c6ccc(-c7ccccc7)cc6)c6ccc(C7CCCCC7)cc6)cc5c5ccccc5c43)cc2)cc1. The molecule has 0 aromatic heterocycles. The Kier molecular flexibility index (Phi) is 12.1. The van der Waals surface area contributed by atoms with Crippen molar-refractivity contribution in [2.24, 2.45) is 0 Å². The van der Waals surface area contributed by atoms with Crippen LogP contribution in [-0.4, -0.2) is 0 Å². The molecule has 2 aliphatic rings. The quantitative estimate of drug-likeness (QED) is 0.126. The van der Waals surface area contributed by atoms with Crippen LogP contribution in [0.2, 0.25) is 0 Å². The van der Waals surface area contributed by atoms with Crippen molar-refractivity contribution < 1.29 is 0 Å². The molecule has 0 spiro atoms. The summed E-state index contributed by atoms with van der Waals surface area (Å²) in [6, 6.07) is 91.4. The van der Waals surface area contributed by atoms with Gasteiger partial charge in [-0.1, -0.05) is 208 Å². The Balaban J connectivity index is 0.931. The molecule has 0 N–H and O–H groups in total. The lowest BCUT2D eigenvalue weighted by atomic mass is 9.84. The summed E-state index contributed by atoms with van der Waals surface area (Å²) in [6.07, 6.45) is 13.2. The summed E-state index contributed by atoms with van der Waals surface area (Å²) in [5.41, 5.74) is 14.7. The summed E-state index contributed by atoms with van der Waals surface area (Å²) in [5, 5.41) is 12.7. The van der Waals surface area contributed by atoms with Crippen LogP contribution in [0.4, 0.5) is 34.1 Å². The van der Waals surface area contributed by atoms with Crippen molar-refractivity contribution in [2.45, 2.75) is 76.0 Å². The molecule has 0 atom stereocenters. The minimum atomic E-state index is 0.652. The maximum atomic E-state index is 2.46. The van der Waals surface area contributed by atoms with Gasteiger partial charge in [0.2, 0.25) is 0 Å². The van der Waals surface area contributed by atoms with E-state index in [1.54, 1.807) is 0 Å². The molecule has 0 bridgehead atoms. The lowest BCUT2D eigenvalue weighted by Gasteiger charge is -2.28. The molecule has 2 aliphatic carbocycles. The van der Waals surface area contributed by atoms with Crippen LogP contribution in [0, 0.1) is 0 Å². The Morgan fingerprint density at radius 3 is 0.882 bits per heavy atom. The van der Waals surface area contributed by atoms with Crippen LogP contribution in [-0.2, 0) is 0 Å². The molecular weight excluding hydrogens is 917 g/mol. The van der Waals surface area contributed by atoms with Gasteiger partial charge in [-0.3, -0.25) is 0 Å². The van der Waals surface area contributed by atoms with Crippen LogP contribution in [0.5, 0.6) is 0 Å². The minimum absolute atomic E-state index is 0.652. The number of rotatable bonds is 10. The number of hydrogen-bond acceptors (Lipinski definition) is 2. The molecule has 0 heterocycles. The van der Waals surface area contributed by atoms with Crippen molar-refractivity contribution >= 4 is 88.0 Å². The molecule has 14 rings (SSSR count). The summed E-state index contributed by atoms with van der Waals surface area (Å²) in [4.78, 5) is 4.92. The molecular formula is C74H62N2. The number of nitrogens with zero attached hydrogens (tertiary/aromatic N) is 2. The van der Waals surface area contributed by atoms with Crippen molar-refractivity contribution in [2.75, 3.05) is 9.80 Å². The highest BCUT2D eigenvalue weighted by Gasteiger charge is 2.23. The van der Waals surface area contributed by atoms with Gasteiger partial charge >= 0.3 is 0 Å². The van der Waals surface area contributed by atoms with Gasteiger partial charge in [-0.05, 0) is 198 Å². The highest BCUT2D eigenvalue weighted by atomic mass is 15.1. The van der Waals surface area contributed by atoms with Gasteiger partial charge in [0.05, 0.1) is 0 Å².